The van der Waals surface area contributed by atoms with E-state index in [1.54, 1.807) is 0 Å². The van der Waals surface area contributed by atoms with Crippen LogP contribution in [0.25, 0.3) is 0 Å². The van der Waals surface area contributed by atoms with Gasteiger partial charge >= 0.3 is 5.97 Å². The normalized spacial score (nSPS) is 55.8. The molecular weight excluding hydrogens is 152 g/mol. The Morgan fingerprint density at radius 1 is 1.33 bits per heavy atom. The van der Waals surface area contributed by atoms with Crippen LogP contribution < -0.4 is 0 Å². The lowest BCUT2D eigenvalue weighted by Crippen LogP contribution is -2.41. The Kier molecular flexibility index (Phi) is 1.18. The molecule has 1 aliphatic heterocycles. The predicted octanol–water partition coefficient (Wildman–Crippen LogP) is 1.59. The minimum atomic E-state index is 0.0495. The van der Waals surface area contributed by atoms with Crippen LogP contribution in [-0.2, 0) is 9.53 Å². The molecule has 5 unspecified atom stereocenters. The minimum Gasteiger partial charge on any atom is -0.462 e. The van der Waals surface area contributed by atoms with Crippen molar-refractivity contribution in [2.24, 2.45) is 23.7 Å². The van der Waals surface area contributed by atoms with Gasteiger partial charge in [0.15, 0.2) is 0 Å². The highest BCUT2D eigenvalue weighted by Crippen LogP contribution is 2.56. The summed E-state index contributed by atoms with van der Waals surface area (Å²) < 4.78 is 5.38. The number of fused-ring (bicyclic) bond motifs is 1. The van der Waals surface area contributed by atoms with Gasteiger partial charge in [0.2, 0.25) is 0 Å². The lowest BCUT2D eigenvalue weighted by Gasteiger charge is -2.37. The lowest BCUT2D eigenvalue weighted by atomic mass is 9.77. The predicted molar refractivity (Wildman–Crippen MR) is 43.4 cm³/mol. The lowest BCUT2D eigenvalue weighted by molar-refractivity contribution is -0.166. The van der Waals surface area contributed by atoms with Crippen LogP contribution in [0.2, 0.25) is 0 Å². The van der Waals surface area contributed by atoms with Crippen molar-refractivity contribution in [1.29, 1.82) is 0 Å². The van der Waals surface area contributed by atoms with Crippen molar-refractivity contribution in [2.75, 3.05) is 0 Å². The quantitative estimate of drug-likeness (QED) is 0.511. The maximum atomic E-state index is 11.2. The van der Waals surface area contributed by atoms with E-state index in [0.717, 1.165) is 11.8 Å². The average molecular weight is 166 g/mol. The van der Waals surface area contributed by atoms with Crippen LogP contribution in [0.3, 0.4) is 0 Å². The molecule has 5 atom stereocenters. The van der Waals surface area contributed by atoms with E-state index in [1.165, 1.54) is 12.8 Å². The number of hydrogen-bond acceptors (Lipinski definition) is 2. The van der Waals surface area contributed by atoms with Gasteiger partial charge in [0.05, 0.1) is 0 Å². The van der Waals surface area contributed by atoms with E-state index >= 15 is 0 Å². The molecule has 66 valence electrons. The van der Waals surface area contributed by atoms with Crippen LogP contribution in [0.15, 0.2) is 0 Å². The van der Waals surface area contributed by atoms with Gasteiger partial charge in [0.25, 0.3) is 0 Å². The largest absolute Gasteiger partial charge is 0.462 e. The van der Waals surface area contributed by atoms with Crippen LogP contribution in [0, 0.1) is 23.7 Å². The van der Waals surface area contributed by atoms with Gasteiger partial charge in [-0.25, -0.2) is 0 Å². The first-order chi connectivity index (χ1) is 5.75. The molecule has 2 heteroatoms. The molecular formula is C10H14O2. The Bertz CT molecular complexity index is 236. The number of carbonyl (C=O) groups is 1. The van der Waals surface area contributed by atoms with Crippen LogP contribution in [0.4, 0.5) is 0 Å². The van der Waals surface area contributed by atoms with Gasteiger partial charge in [-0.05, 0) is 36.5 Å². The van der Waals surface area contributed by atoms with Crippen LogP contribution in [0.1, 0.15) is 26.2 Å². The topological polar surface area (TPSA) is 26.3 Å². The molecule has 0 aromatic rings. The van der Waals surface area contributed by atoms with E-state index < -0.39 is 0 Å². The molecule has 0 amide bonds. The van der Waals surface area contributed by atoms with Crippen molar-refractivity contribution in [3.05, 3.63) is 0 Å². The molecule has 3 aliphatic rings. The third-order valence-electron chi connectivity index (χ3n) is 4.17. The van der Waals surface area contributed by atoms with Gasteiger partial charge in [-0.15, -0.1) is 0 Å². The molecule has 1 heterocycles. The van der Waals surface area contributed by atoms with E-state index in [4.69, 9.17) is 4.74 Å². The smallest absolute Gasteiger partial charge is 0.306 e. The van der Waals surface area contributed by atoms with Crippen LogP contribution >= 0.6 is 0 Å². The number of ether oxygens (including phenoxy) is 1. The highest BCUT2D eigenvalue weighted by atomic mass is 16.5. The van der Waals surface area contributed by atoms with E-state index in [0.29, 0.717) is 18.3 Å². The molecule has 3 rings (SSSR count). The molecule has 0 N–H and O–H groups in total. The Morgan fingerprint density at radius 3 is 2.92 bits per heavy atom. The zero-order chi connectivity index (χ0) is 8.29. The molecule has 3 fully saturated rings. The molecule has 0 aromatic heterocycles. The van der Waals surface area contributed by atoms with Gasteiger partial charge in [0, 0.05) is 6.42 Å². The highest BCUT2D eigenvalue weighted by molar-refractivity contribution is 5.71. The Labute approximate surface area is 72.3 Å². The number of carbonyl (C=O) groups excluding carboxylic acids is 1. The van der Waals surface area contributed by atoms with Gasteiger partial charge < -0.3 is 4.74 Å². The maximum absolute atomic E-state index is 11.2. The molecule has 0 aromatic carbocycles. The average Bonchev–Trinajstić information content (AvgIpc) is 2.53. The molecule has 2 bridgehead atoms. The van der Waals surface area contributed by atoms with E-state index in [1.807, 2.05) is 0 Å². The molecule has 0 radical (unpaired) electrons. The first-order valence-corrected chi connectivity index (χ1v) is 4.95. The van der Waals surface area contributed by atoms with Crippen LogP contribution in [-0.4, -0.2) is 12.1 Å². The SMILES string of the molecule is CC1C2CC3CC(=O)OC1C3C2. The summed E-state index contributed by atoms with van der Waals surface area (Å²) in [7, 11) is 0. The second-order valence-corrected chi connectivity index (χ2v) is 4.67. The second-order valence-electron chi connectivity index (χ2n) is 4.67. The molecule has 0 spiro atoms. The summed E-state index contributed by atoms with van der Waals surface area (Å²) in [6.07, 6.45) is 3.60. The summed E-state index contributed by atoms with van der Waals surface area (Å²) in [5.41, 5.74) is 0. The van der Waals surface area contributed by atoms with Crippen molar-refractivity contribution in [3.63, 3.8) is 0 Å². The summed E-state index contributed by atoms with van der Waals surface area (Å²) >= 11 is 0. The summed E-state index contributed by atoms with van der Waals surface area (Å²) in [5, 5.41) is 0. The maximum Gasteiger partial charge on any atom is 0.306 e. The number of rotatable bonds is 0. The summed E-state index contributed by atoms with van der Waals surface area (Å²) in [4.78, 5) is 11.2. The standard InChI is InChI=1S/C10H14O2/c1-5-6-2-7-4-9(11)12-10(5)8(7)3-6/h5-8,10H,2-4H2,1H3. The Hall–Kier alpha value is -0.530. The Balaban J connectivity index is 1.94. The van der Waals surface area contributed by atoms with Gasteiger partial charge in [0.1, 0.15) is 6.10 Å². The molecule has 2 nitrogen and oxygen atoms in total. The van der Waals surface area contributed by atoms with Gasteiger partial charge in [-0.2, -0.15) is 0 Å². The number of hydrogen-bond donors (Lipinski definition) is 0. The molecule has 2 saturated carbocycles. The number of esters is 1. The first-order valence-electron chi connectivity index (χ1n) is 4.95. The highest BCUT2D eigenvalue weighted by Gasteiger charge is 2.55. The fourth-order valence-corrected chi connectivity index (χ4v) is 3.54. The van der Waals surface area contributed by atoms with Crippen molar-refractivity contribution >= 4 is 5.97 Å². The minimum absolute atomic E-state index is 0.0495. The third kappa shape index (κ3) is 0.686. The third-order valence-corrected chi connectivity index (χ3v) is 4.17. The summed E-state index contributed by atoms with van der Waals surface area (Å²) in [6, 6.07) is 0. The van der Waals surface area contributed by atoms with E-state index in [9.17, 15) is 4.79 Å². The van der Waals surface area contributed by atoms with Gasteiger partial charge in [-0.1, -0.05) is 6.92 Å². The van der Waals surface area contributed by atoms with E-state index in [2.05, 4.69) is 6.92 Å². The Morgan fingerprint density at radius 2 is 2.17 bits per heavy atom. The van der Waals surface area contributed by atoms with E-state index in [-0.39, 0.29) is 12.1 Å². The zero-order valence-corrected chi connectivity index (χ0v) is 7.32. The van der Waals surface area contributed by atoms with Crippen molar-refractivity contribution in [2.45, 2.75) is 32.3 Å². The fraction of sp³-hybridized carbons (Fsp3) is 0.900. The zero-order valence-electron chi connectivity index (χ0n) is 7.32. The molecule has 2 aliphatic carbocycles. The summed E-state index contributed by atoms with van der Waals surface area (Å²) in [6.45, 7) is 2.24. The summed E-state index contributed by atoms with van der Waals surface area (Å²) in [5.74, 6) is 2.95. The first kappa shape index (κ1) is 6.93. The fourth-order valence-electron chi connectivity index (χ4n) is 3.54. The second kappa shape index (κ2) is 2.04. The van der Waals surface area contributed by atoms with Crippen molar-refractivity contribution in [1.82, 2.24) is 0 Å². The molecule has 12 heavy (non-hydrogen) atoms. The molecule has 1 saturated heterocycles. The monoisotopic (exact) mass is 166 g/mol. The van der Waals surface area contributed by atoms with Gasteiger partial charge in [-0.3, -0.25) is 4.79 Å². The van der Waals surface area contributed by atoms with Crippen LogP contribution in [0.5, 0.6) is 0 Å². The van der Waals surface area contributed by atoms with Crippen molar-refractivity contribution < 1.29 is 9.53 Å². The van der Waals surface area contributed by atoms with Crippen molar-refractivity contribution in [3.8, 4) is 0 Å².